The van der Waals surface area contributed by atoms with Gasteiger partial charge < -0.3 is 5.32 Å². The molecule has 4 nitrogen and oxygen atoms in total. The molecule has 118 valence electrons. The van der Waals surface area contributed by atoms with Crippen molar-refractivity contribution in [2.24, 2.45) is 0 Å². The van der Waals surface area contributed by atoms with Gasteiger partial charge in [0, 0.05) is 6.20 Å². The number of rotatable bonds is 3. The van der Waals surface area contributed by atoms with E-state index < -0.39 is 46.7 Å². The van der Waals surface area contributed by atoms with Crippen molar-refractivity contribution < 1.29 is 26.7 Å². The van der Waals surface area contributed by atoms with E-state index in [1.54, 1.807) is 12.2 Å². The first-order valence-electron chi connectivity index (χ1n) is 6.07. The van der Waals surface area contributed by atoms with E-state index >= 15 is 0 Å². The van der Waals surface area contributed by atoms with Crippen LogP contribution in [0.25, 0.3) is 0 Å². The summed E-state index contributed by atoms with van der Waals surface area (Å²) in [5.41, 5.74) is -0.659. The van der Waals surface area contributed by atoms with Crippen LogP contribution in [-0.2, 0) is 4.79 Å². The largest absolute Gasteiger partial charge is 0.319 e. The number of anilines is 1. The summed E-state index contributed by atoms with van der Waals surface area (Å²) in [4.78, 5) is 11.9. The lowest BCUT2D eigenvalue weighted by Gasteiger charge is -2.14. The Kier molecular flexibility index (Phi) is 4.16. The minimum atomic E-state index is -2.29. The first kappa shape index (κ1) is 15.9. The lowest BCUT2D eigenvalue weighted by Crippen LogP contribution is -2.25. The molecule has 0 spiro atoms. The lowest BCUT2D eigenvalue weighted by molar-refractivity contribution is -0.119. The van der Waals surface area contributed by atoms with Crippen LogP contribution in [0.15, 0.2) is 12.4 Å². The summed E-state index contributed by atoms with van der Waals surface area (Å²) in [6, 6.07) is -1.01. The number of amides is 1. The topological polar surface area (TPSA) is 46.9 Å². The molecule has 1 unspecified atom stereocenters. The number of aromatic nitrogens is 2. The van der Waals surface area contributed by atoms with Crippen LogP contribution in [0.2, 0.25) is 0 Å². The second-order valence-corrected chi connectivity index (χ2v) is 4.61. The second kappa shape index (κ2) is 5.74. The molecule has 9 heteroatoms. The average Bonchev–Trinajstić information content (AvgIpc) is 2.93. The quantitative estimate of drug-likeness (QED) is 0.537. The van der Waals surface area contributed by atoms with E-state index in [0.717, 1.165) is 5.56 Å². The van der Waals surface area contributed by atoms with Crippen molar-refractivity contribution in [3.05, 3.63) is 47.0 Å². The third kappa shape index (κ3) is 2.66. The molecule has 2 aromatic rings. The molecule has 0 saturated carbocycles. The monoisotopic (exact) mass is 319 g/mol. The van der Waals surface area contributed by atoms with Gasteiger partial charge in [-0.1, -0.05) is 0 Å². The van der Waals surface area contributed by atoms with Crippen LogP contribution in [0.4, 0.5) is 27.6 Å². The van der Waals surface area contributed by atoms with E-state index in [-0.39, 0.29) is 0 Å². The zero-order chi connectivity index (χ0) is 16.6. The number of aryl methyl sites for hydroxylation is 1. The summed E-state index contributed by atoms with van der Waals surface area (Å²) in [5.74, 6) is -11.7. The molecule has 1 heterocycles. The van der Waals surface area contributed by atoms with E-state index in [2.05, 4.69) is 5.10 Å². The predicted molar refractivity (Wildman–Crippen MR) is 66.5 cm³/mol. The van der Waals surface area contributed by atoms with E-state index in [1.165, 1.54) is 24.0 Å². The number of halogens is 5. The van der Waals surface area contributed by atoms with E-state index in [4.69, 9.17) is 0 Å². The SMILES string of the molecule is Cc1cnn(C(C)C(=O)Nc2c(F)c(F)c(F)c(F)c2F)c1. The van der Waals surface area contributed by atoms with Gasteiger partial charge in [-0.25, -0.2) is 22.0 Å². The fraction of sp³-hybridized carbons (Fsp3) is 0.231. The molecule has 0 aliphatic heterocycles. The number of nitrogens with one attached hydrogen (secondary N) is 1. The van der Waals surface area contributed by atoms with Gasteiger partial charge in [0.15, 0.2) is 23.3 Å². The number of hydrogen-bond acceptors (Lipinski definition) is 2. The Morgan fingerprint density at radius 1 is 1.09 bits per heavy atom. The maximum absolute atomic E-state index is 13.5. The molecule has 2 rings (SSSR count). The summed E-state index contributed by atoms with van der Waals surface area (Å²) in [5, 5.41) is 5.53. The number of hydrogen-bond donors (Lipinski definition) is 1. The summed E-state index contributed by atoms with van der Waals surface area (Å²) < 4.78 is 67.1. The Morgan fingerprint density at radius 2 is 1.59 bits per heavy atom. The van der Waals surface area contributed by atoms with Gasteiger partial charge >= 0.3 is 0 Å². The molecule has 1 N–H and O–H groups in total. The minimum Gasteiger partial charge on any atom is -0.319 e. The molecular weight excluding hydrogens is 309 g/mol. The maximum Gasteiger partial charge on any atom is 0.249 e. The molecular formula is C13H10F5N3O. The first-order valence-corrected chi connectivity index (χ1v) is 6.07. The van der Waals surface area contributed by atoms with Crippen molar-refractivity contribution in [1.29, 1.82) is 0 Å². The molecule has 0 bridgehead atoms. The van der Waals surface area contributed by atoms with Crippen LogP contribution in [0.1, 0.15) is 18.5 Å². The van der Waals surface area contributed by atoms with Crippen LogP contribution in [0, 0.1) is 36.0 Å². The zero-order valence-electron chi connectivity index (χ0n) is 11.4. The lowest BCUT2D eigenvalue weighted by atomic mass is 10.2. The Bertz CT molecular complexity index is 715. The van der Waals surface area contributed by atoms with E-state index in [0.29, 0.717) is 0 Å². The normalized spacial score (nSPS) is 12.3. The Hall–Kier alpha value is -2.45. The average molecular weight is 319 g/mol. The summed E-state index contributed by atoms with van der Waals surface area (Å²) in [6.45, 7) is 3.06. The van der Waals surface area contributed by atoms with Crippen LogP contribution in [0.3, 0.4) is 0 Å². The van der Waals surface area contributed by atoms with Crippen molar-refractivity contribution in [2.75, 3.05) is 5.32 Å². The van der Waals surface area contributed by atoms with Gasteiger partial charge in [-0.05, 0) is 19.4 Å². The molecule has 0 aliphatic rings. The smallest absolute Gasteiger partial charge is 0.249 e. The van der Waals surface area contributed by atoms with Gasteiger partial charge in [0.25, 0.3) is 0 Å². The van der Waals surface area contributed by atoms with Gasteiger partial charge in [-0.3, -0.25) is 9.48 Å². The van der Waals surface area contributed by atoms with Crippen LogP contribution >= 0.6 is 0 Å². The van der Waals surface area contributed by atoms with E-state index in [9.17, 15) is 26.7 Å². The van der Waals surface area contributed by atoms with Crippen molar-refractivity contribution in [3.8, 4) is 0 Å². The van der Waals surface area contributed by atoms with Crippen LogP contribution in [-0.4, -0.2) is 15.7 Å². The molecule has 22 heavy (non-hydrogen) atoms. The highest BCUT2D eigenvalue weighted by atomic mass is 19.2. The molecule has 1 atom stereocenters. The summed E-state index contributed by atoms with van der Waals surface area (Å²) in [6.07, 6.45) is 2.94. The highest BCUT2D eigenvalue weighted by molar-refractivity contribution is 5.93. The Balaban J connectivity index is 2.33. The third-order valence-electron chi connectivity index (χ3n) is 2.96. The second-order valence-electron chi connectivity index (χ2n) is 4.61. The van der Waals surface area contributed by atoms with Crippen LogP contribution < -0.4 is 5.32 Å². The van der Waals surface area contributed by atoms with Crippen LogP contribution in [0.5, 0.6) is 0 Å². The van der Waals surface area contributed by atoms with E-state index in [1.807, 2.05) is 0 Å². The fourth-order valence-electron chi connectivity index (χ4n) is 1.71. The summed E-state index contributed by atoms with van der Waals surface area (Å²) >= 11 is 0. The molecule has 1 aromatic heterocycles. The zero-order valence-corrected chi connectivity index (χ0v) is 11.4. The van der Waals surface area contributed by atoms with Crippen molar-refractivity contribution in [3.63, 3.8) is 0 Å². The van der Waals surface area contributed by atoms with Gasteiger partial charge in [0.1, 0.15) is 11.7 Å². The minimum absolute atomic E-state index is 0.732. The van der Waals surface area contributed by atoms with Gasteiger partial charge in [0.2, 0.25) is 11.7 Å². The van der Waals surface area contributed by atoms with Crippen molar-refractivity contribution in [1.82, 2.24) is 9.78 Å². The predicted octanol–water partition coefficient (Wildman–Crippen LogP) is 3.09. The van der Waals surface area contributed by atoms with Gasteiger partial charge in [-0.2, -0.15) is 5.10 Å². The summed E-state index contributed by atoms with van der Waals surface area (Å²) in [7, 11) is 0. The molecule has 1 aromatic carbocycles. The molecule has 1 amide bonds. The maximum atomic E-state index is 13.5. The van der Waals surface area contributed by atoms with Gasteiger partial charge in [0.05, 0.1) is 6.20 Å². The number of carbonyl (C=O) groups is 1. The van der Waals surface area contributed by atoms with Crippen molar-refractivity contribution in [2.45, 2.75) is 19.9 Å². The first-order chi connectivity index (χ1) is 10.2. The fourth-order valence-corrected chi connectivity index (χ4v) is 1.71. The molecule has 0 fully saturated rings. The number of carbonyl (C=O) groups excluding carboxylic acids is 1. The standard InChI is InChI=1S/C13H10F5N3O/c1-5-3-19-21(4-5)6(2)13(22)20-12-10(17)8(15)7(14)9(16)11(12)18/h3-4,6H,1-2H3,(H,20,22). The highest BCUT2D eigenvalue weighted by Crippen LogP contribution is 2.27. The molecule has 0 saturated heterocycles. The Morgan fingerprint density at radius 3 is 2.05 bits per heavy atom. The number of benzene rings is 1. The Labute approximate surface area is 121 Å². The third-order valence-corrected chi connectivity index (χ3v) is 2.96. The highest BCUT2D eigenvalue weighted by Gasteiger charge is 2.28. The molecule has 0 radical (unpaired) electrons. The van der Waals surface area contributed by atoms with Crippen molar-refractivity contribution >= 4 is 11.6 Å². The van der Waals surface area contributed by atoms with Gasteiger partial charge in [-0.15, -0.1) is 0 Å². The number of nitrogens with zero attached hydrogens (tertiary/aromatic N) is 2. The molecule has 0 aliphatic carbocycles.